The van der Waals surface area contributed by atoms with Crippen LogP contribution in [0.1, 0.15) is 101 Å². The summed E-state index contributed by atoms with van der Waals surface area (Å²) in [7, 11) is 4.64. The first-order valence-electron chi connectivity index (χ1n) is 12.3. The molecule has 2 rings (SSSR count). The van der Waals surface area contributed by atoms with Crippen molar-refractivity contribution < 1.29 is 19.6 Å². The number of nitrogens with zero attached hydrogens (tertiary/aromatic N) is 3. The Hall–Kier alpha value is -0.240. The van der Waals surface area contributed by atoms with Gasteiger partial charge >= 0.3 is 0 Å². The molecule has 186 valence electrons. The van der Waals surface area contributed by atoms with Crippen molar-refractivity contribution in [1.29, 1.82) is 0 Å². The molecule has 2 aliphatic heterocycles. The lowest BCUT2D eigenvalue weighted by Crippen LogP contribution is -2.66. The van der Waals surface area contributed by atoms with Crippen molar-refractivity contribution >= 4 is 0 Å². The third kappa shape index (κ3) is 6.87. The minimum atomic E-state index is -0.267. The Morgan fingerprint density at radius 1 is 0.742 bits per heavy atom. The average molecular weight is 445 g/mol. The van der Waals surface area contributed by atoms with Gasteiger partial charge in [-0.05, 0) is 68.2 Å². The highest BCUT2D eigenvalue weighted by atomic mass is 16.5. The summed E-state index contributed by atoms with van der Waals surface area (Å²) in [6, 6.07) is 0.513. The molecule has 2 fully saturated rings. The van der Waals surface area contributed by atoms with Crippen molar-refractivity contribution in [3.63, 3.8) is 0 Å². The lowest BCUT2D eigenvalue weighted by molar-refractivity contribution is -0.918. The van der Waals surface area contributed by atoms with Crippen LogP contribution in [0.5, 0.6) is 0 Å². The zero-order chi connectivity index (χ0) is 24.5. The second-order valence-electron chi connectivity index (χ2n) is 12.7. The van der Waals surface area contributed by atoms with Gasteiger partial charge in [-0.2, -0.15) is 10.1 Å². The van der Waals surface area contributed by atoms with Crippen LogP contribution < -0.4 is 0 Å². The first-order chi connectivity index (χ1) is 13.9. The summed E-state index contributed by atoms with van der Waals surface area (Å²) < 4.78 is 7.24. The molecule has 0 unspecified atom stereocenters. The Kier molecular flexibility index (Phi) is 9.23. The minimum absolute atomic E-state index is 0.189. The van der Waals surface area contributed by atoms with Gasteiger partial charge in [0.1, 0.15) is 0 Å². The number of piperidine rings is 2. The Balaban J connectivity index is 0.00000233. The predicted molar refractivity (Wildman–Crippen MR) is 129 cm³/mol. The molecule has 0 spiro atoms. The Bertz CT molecular complexity index is 536. The molecule has 0 atom stereocenters. The summed E-state index contributed by atoms with van der Waals surface area (Å²) in [5.74, 6) is 0. The second-order valence-corrected chi connectivity index (χ2v) is 12.7. The summed E-state index contributed by atoms with van der Waals surface area (Å²) in [5, 5.41) is 24.1. The monoisotopic (exact) mass is 444 g/mol. The van der Waals surface area contributed by atoms with E-state index in [1.807, 2.05) is 13.8 Å². The highest BCUT2D eigenvalue weighted by Crippen LogP contribution is 2.40. The van der Waals surface area contributed by atoms with E-state index in [0.29, 0.717) is 6.04 Å². The smallest absolute Gasteiger partial charge is 0.0923 e. The lowest BCUT2D eigenvalue weighted by Gasteiger charge is -2.54. The molecule has 0 aromatic heterocycles. The fraction of sp³-hybridized carbons (Fsp3) is 1.00. The van der Waals surface area contributed by atoms with Gasteiger partial charge in [0.05, 0.1) is 39.4 Å². The number of hydrogen-bond acceptors (Lipinski definition) is 5. The van der Waals surface area contributed by atoms with E-state index in [1.54, 1.807) is 5.06 Å². The van der Waals surface area contributed by atoms with E-state index in [2.05, 4.69) is 69.5 Å². The van der Waals surface area contributed by atoms with Gasteiger partial charge in [-0.1, -0.05) is 13.8 Å². The minimum Gasteiger partial charge on any atom is -0.378 e. The molecular formula is C25H54N3O3+. The number of quaternary nitrogens is 1. The van der Waals surface area contributed by atoms with Crippen LogP contribution in [-0.2, 0) is 4.74 Å². The van der Waals surface area contributed by atoms with Crippen LogP contribution in [0.3, 0.4) is 0 Å². The van der Waals surface area contributed by atoms with Crippen LogP contribution in [0.4, 0.5) is 0 Å². The topological polar surface area (TPSA) is 56.2 Å². The van der Waals surface area contributed by atoms with Gasteiger partial charge in [-0.3, -0.25) is 0 Å². The van der Waals surface area contributed by atoms with Crippen LogP contribution in [0, 0.1) is 0 Å². The van der Waals surface area contributed by atoms with Crippen molar-refractivity contribution in [2.24, 2.45) is 0 Å². The van der Waals surface area contributed by atoms with Gasteiger partial charge in [0, 0.05) is 41.4 Å². The molecule has 0 bridgehead atoms. The SMILES string of the molecule is CC.CC1(C)CC(OCCC[N+](C)(C)C2CC(C)(C)N(O)C(C)(C)C2)CC(C)(C)N1O. The normalized spacial score (nSPS) is 26.9. The summed E-state index contributed by atoms with van der Waals surface area (Å²) in [6.07, 6.45) is 4.88. The summed E-state index contributed by atoms with van der Waals surface area (Å²) in [6.45, 7) is 22.7. The molecule has 6 heteroatoms. The summed E-state index contributed by atoms with van der Waals surface area (Å²) >= 11 is 0. The van der Waals surface area contributed by atoms with Gasteiger partial charge in [-0.25, -0.2) is 0 Å². The van der Waals surface area contributed by atoms with E-state index in [1.165, 1.54) is 5.06 Å². The Labute approximate surface area is 193 Å². The van der Waals surface area contributed by atoms with Gasteiger partial charge in [0.15, 0.2) is 0 Å². The predicted octanol–water partition coefficient (Wildman–Crippen LogP) is 5.32. The van der Waals surface area contributed by atoms with Crippen LogP contribution >= 0.6 is 0 Å². The fourth-order valence-corrected chi connectivity index (χ4v) is 5.91. The van der Waals surface area contributed by atoms with E-state index < -0.39 is 0 Å². The molecule has 31 heavy (non-hydrogen) atoms. The summed E-state index contributed by atoms with van der Waals surface area (Å²) in [5.41, 5.74) is -0.962. The standard InChI is InChI=1S/C23H48N3O3.C2H6/c1-20(2)14-18(15-21(3,4)24(20)27)26(9,10)12-11-13-29-19-16-22(5,6)25(28)23(7,8)17-19;1-2/h18-19,27-28H,11-17H2,1-10H3;1-2H3/q+1;. The molecule has 0 amide bonds. The Morgan fingerprint density at radius 3 is 1.48 bits per heavy atom. The molecule has 2 N–H and O–H groups in total. The molecule has 0 aromatic carbocycles. The number of rotatable bonds is 6. The largest absolute Gasteiger partial charge is 0.378 e. The van der Waals surface area contributed by atoms with E-state index in [0.717, 1.165) is 49.7 Å². The molecule has 2 heterocycles. The van der Waals surface area contributed by atoms with Gasteiger partial charge in [0.25, 0.3) is 0 Å². The second kappa shape index (κ2) is 9.94. The quantitative estimate of drug-likeness (QED) is 0.429. The van der Waals surface area contributed by atoms with Crippen LogP contribution in [0.15, 0.2) is 0 Å². The maximum absolute atomic E-state index is 10.6. The average Bonchev–Trinajstić information content (AvgIpc) is 2.62. The number of hydroxylamine groups is 4. The van der Waals surface area contributed by atoms with Crippen LogP contribution in [0.25, 0.3) is 0 Å². The fourth-order valence-electron chi connectivity index (χ4n) is 5.91. The molecule has 0 radical (unpaired) electrons. The maximum atomic E-state index is 10.6. The van der Waals surface area contributed by atoms with Crippen molar-refractivity contribution in [3.8, 4) is 0 Å². The van der Waals surface area contributed by atoms with Crippen molar-refractivity contribution in [3.05, 3.63) is 0 Å². The van der Waals surface area contributed by atoms with E-state index in [-0.39, 0.29) is 28.3 Å². The van der Waals surface area contributed by atoms with Gasteiger partial charge in [-0.15, -0.1) is 0 Å². The Morgan fingerprint density at radius 2 is 1.10 bits per heavy atom. The highest BCUT2D eigenvalue weighted by molar-refractivity contribution is 4.97. The maximum Gasteiger partial charge on any atom is 0.0923 e. The zero-order valence-electron chi connectivity index (χ0n) is 22.7. The first-order valence-corrected chi connectivity index (χ1v) is 12.3. The van der Waals surface area contributed by atoms with Gasteiger partial charge < -0.3 is 19.6 Å². The van der Waals surface area contributed by atoms with Crippen LogP contribution in [0.2, 0.25) is 0 Å². The molecule has 0 aliphatic carbocycles. The lowest BCUT2D eigenvalue weighted by atomic mass is 9.77. The van der Waals surface area contributed by atoms with E-state index in [4.69, 9.17) is 4.74 Å². The van der Waals surface area contributed by atoms with Crippen molar-refractivity contribution in [2.45, 2.75) is 136 Å². The number of hydrogen-bond donors (Lipinski definition) is 2. The first kappa shape index (κ1) is 28.8. The van der Waals surface area contributed by atoms with E-state index >= 15 is 0 Å². The van der Waals surface area contributed by atoms with E-state index in [9.17, 15) is 10.4 Å². The van der Waals surface area contributed by atoms with Crippen molar-refractivity contribution in [2.75, 3.05) is 27.2 Å². The van der Waals surface area contributed by atoms with Crippen molar-refractivity contribution in [1.82, 2.24) is 10.1 Å². The molecule has 0 aromatic rings. The molecule has 0 saturated carbocycles. The molecular weight excluding hydrogens is 390 g/mol. The third-order valence-electron chi connectivity index (χ3n) is 7.44. The molecule has 2 aliphatic rings. The highest BCUT2D eigenvalue weighted by Gasteiger charge is 2.50. The number of ether oxygens (including phenoxy) is 1. The third-order valence-corrected chi connectivity index (χ3v) is 7.44. The summed E-state index contributed by atoms with van der Waals surface area (Å²) in [4.78, 5) is 0. The molecule has 2 saturated heterocycles. The van der Waals surface area contributed by atoms with Gasteiger partial charge in [0.2, 0.25) is 0 Å². The molecule has 6 nitrogen and oxygen atoms in total. The zero-order valence-corrected chi connectivity index (χ0v) is 22.7. The van der Waals surface area contributed by atoms with Crippen LogP contribution in [-0.4, -0.2) is 86.6 Å².